The quantitative estimate of drug-likeness (QED) is 0.584. The number of hydrogen-bond acceptors (Lipinski definition) is 2. The Morgan fingerprint density at radius 2 is 2.00 bits per heavy atom. The highest BCUT2D eigenvalue weighted by Gasteiger charge is 2.38. The molecule has 0 spiro atoms. The molecule has 4 atom stereocenters. The molecule has 1 saturated heterocycles. The standard InChI is InChI=1S/C17H30N2/c1-14(17-13-15-6-7-16(17)12-15)18-8-5-11-19-9-3-2-4-10-19/h6-7,14-18H,2-5,8-13H2,1H3. The molecular formula is C17H30N2. The SMILES string of the molecule is CC(NCCCN1CCCCC1)C1CC2C=CC1C2. The lowest BCUT2D eigenvalue weighted by atomic mass is 9.87. The van der Waals surface area contributed by atoms with Crippen molar-refractivity contribution in [2.45, 2.75) is 51.5 Å². The maximum absolute atomic E-state index is 3.79. The molecule has 2 heteroatoms. The molecule has 3 aliphatic rings. The van der Waals surface area contributed by atoms with Crippen LogP contribution in [0.15, 0.2) is 12.2 Å². The predicted octanol–water partition coefficient (Wildman–Crippen LogP) is 3.05. The Kier molecular flexibility index (Phi) is 4.60. The van der Waals surface area contributed by atoms with Gasteiger partial charge in [0.25, 0.3) is 0 Å². The summed E-state index contributed by atoms with van der Waals surface area (Å²) >= 11 is 0. The predicted molar refractivity (Wildman–Crippen MR) is 81.2 cm³/mol. The highest BCUT2D eigenvalue weighted by molar-refractivity contribution is 5.11. The third-order valence-electron chi connectivity index (χ3n) is 5.54. The minimum atomic E-state index is 0.710. The van der Waals surface area contributed by atoms with E-state index in [1.54, 1.807) is 0 Å². The third-order valence-corrected chi connectivity index (χ3v) is 5.54. The molecule has 2 nitrogen and oxygen atoms in total. The lowest BCUT2D eigenvalue weighted by Crippen LogP contribution is -2.38. The van der Waals surface area contributed by atoms with Crippen LogP contribution in [0.25, 0.3) is 0 Å². The van der Waals surface area contributed by atoms with E-state index >= 15 is 0 Å². The molecule has 1 N–H and O–H groups in total. The summed E-state index contributed by atoms with van der Waals surface area (Å²) in [7, 11) is 0. The average Bonchev–Trinajstić information content (AvgIpc) is 3.07. The summed E-state index contributed by atoms with van der Waals surface area (Å²) in [6.07, 6.45) is 13.4. The van der Waals surface area contributed by atoms with Crippen molar-refractivity contribution in [2.24, 2.45) is 17.8 Å². The molecule has 3 rings (SSSR count). The number of hydrogen-bond donors (Lipinski definition) is 1. The zero-order chi connectivity index (χ0) is 13.1. The molecule has 1 saturated carbocycles. The number of fused-ring (bicyclic) bond motifs is 2. The van der Waals surface area contributed by atoms with Gasteiger partial charge in [0.1, 0.15) is 0 Å². The summed E-state index contributed by atoms with van der Waals surface area (Å²) in [6, 6.07) is 0.710. The van der Waals surface area contributed by atoms with Gasteiger partial charge in [-0.3, -0.25) is 0 Å². The van der Waals surface area contributed by atoms with E-state index in [1.807, 2.05) is 0 Å². The van der Waals surface area contributed by atoms with E-state index in [2.05, 4.69) is 29.3 Å². The largest absolute Gasteiger partial charge is 0.314 e. The fourth-order valence-electron chi connectivity index (χ4n) is 4.36. The van der Waals surface area contributed by atoms with Crippen molar-refractivity contribution in [1.29, 1.82) is 0 Å². The number of likely N-dealkylation sites (tertiary alicyclic amines) is 1. The normalized spacial score (nSPS) is 35.9. The van der Waals surface area contributed by atoms with Crippen LogP contribution >= 0.6 is 0 Å². The second-order valence-corrected chi connectivity index (χ2v) is 6.94. The molecule has 4 unspecified atom stereocenters. The van der Waals surface area contributed by atoms with Crippen LogP contribution in [0.3, 0.4) is 0 Å². The second-order valence-electron chi connectivity index (χ2n) is 6.94. The van der Waals surface area contributed by atoms with E-state index in [0.29, 0.717) is 6.04 Å². The second kappa shape index (κ2) is 6.41. The van der Waals surface area contributed by atoms with Crippen molar-refractivity contribution in [3.8, 4) is 0 Å². The Morgan fingerprint density at radius 3 is 2.68 bits per heavy atom. The summed E-state index contributed by atoms with van der Waals surface area (Å²) in [5, 5.41) is 3.79. The molecule has 19 heavy (non-hydrogen) atoms. The highest BCUT2D eigenvalue weighted by atomic mass is 15.1. The van der Waals surface area contributed by atoms with Crippen LogP contribution in [0.2, 0.25) is 0 Å². The monoisotopic (exact) mass is 262 g/mol. The van der Waals surface area contributed by atoms with Crippen molar-refractivity contribution in [3.05, 3.63) is 12.2 Å². The lowest BCUT2D eigenvalue weighted by Gasteiger charge is -2.28. The highest BCUT2D eigenvalue weighted by Crippen LogP contribution is 2.44. The number of allylic oxidation sites excluding steroid dienone is 2. The van der Waals surface area contributed by atoms with Gasteiger partial charge in [0.05, 0.1) is 0 Å². The minimum Gasteiger partial charge on any atom is -0.314 e. The Labute approximate surface area is 118 Å². The first-order chi connectivity index (χ1) is 9.33. The number of rotatable bonds is 6. The zero-order valence-electron chi connectivity index (χ0n) is 12.5. The topological polar surface area (TPSA) is 15.3 Å². The molecule has 2 fully saturated rings. The van der Waals surface area contributed by atoms with E-state index in [4.69, 9.17) is 0 Å². The fourth-order valence-corrected chi connectivity index (χ4v) is 4.36. The van der Waals surface area contributed by atoms with E-state index < -0.39 is 0 Å². The zero-order valence-corrected chi connectivity index (χ0v) is 12.5. The van der Waals surface area contributed by atoms with Crippen molar-refractivity contribution >= 4 is 0 Å². The fraction of sp³-hybridized carbons (Fsp3) is 0.882. The first-order valence-corrected chi connectivity index (χ1v) is 8.47. The molecule has 1 heterocycles. The molecule has 2 bridgehead atoms. The van der Waals surface area contributed by atoms with Gasteiger partial charge in [0, 0.05) is 6.04 Å². The summed E-state index contributed by atoms with van der Waals surface area (Å²) in [5.74, 6) is 2.70. The summed E-state index contributed by atoms with van der Waals surface area (Å²) in [4.78, 5) is 2.65. The van der Waals surface area contributed by atoms with Gasteiger partial charge in [-0.1, -0.05) is 18.6 Å². The molecule has 0 aromatic rings. The Bertz CT molecular complexity index is 306. The van der Waals surface area contributed by atoms with Crippen molar-refractivity contribution in [3.63, 3.8) is 0 Å². The number of piperidine rings is 1. The van der Waals surface area contributed by atoms with Crippen molar-refractivity contribution in [1.82, 2.24) is 10.2 Å². The maximum Gasteiger partial charge on any atom is 0.00728 e. The molecule has 0 radical (unpaired) electrons. The number of nitrogens with zero attached hydrogens (tertiary/aromatic N) is 1. The van der Waals surface area contributed by atoms with Gasteiger partial charge in [0.15, 0.2) is 0 Å². The van der Waals surface area contributed by atoms with Crippen LogP contribution in [-0.4, -0.2) is 37.1 Å². The molecule has 0 aromatic carbocycles. The van der Waals surface area contributed by atoms with Crippen molar-refractivity contribution < 1.29 is 0 Å². The van der Waals surface area contributed by atoms with Gasteiger partial charge in [0.2, 0.25) is 0 Å². The smallest absolute Gasteiger partial charge is 0.00728 e. The van der Waals surface area contributed by atoms with Gasteiger partial charge in [-0.25, -0.2) is 0 Å². The van der Waals surface area contributed by atoms with Crippen LogP contribution < -0.4 is 5.32 Å². The molecule has 2 aliphatic carbocycles. The molecule has 0 amide bonds. The Morgan fingerprint density at radius 1 is 1.16 bits per heavy atom. The van der Waals surface area contributed by atoms with E-state index in [-0.39, 0.29) is 0 Å². The first-order valence-electron chi connectivity index (χ1n) is 8.47. The summed E-state index contributed by atoms with van der Waals surface area (Å²) < 4.78 is 0. The Balaban J connectivity index is 1.30. The van der Waals surface area contributed by atoms with Gasteiger partial charge in [-0.2, -0.15) is 0 Å². The van der Waals surface area contributed by atoms with E-state index in [0.717, 1.165) is 17.8 Å². The lowest BCUT2D eigenvalue weighted by molar-refractivity contribution is 0.222. The van der Waals surface area contributed by atoms with E-state index in [1.165, 1.54) is 64.7 Å². The van der Waals surface area contributed by atoms with Crippen LogP contribution in [0, 0.1) is 17.8 Å². The van der Waals surface area contributed by atoms with Crippen molar-refractivity contribution in [2.75, 3.05) is 26.2 Å². The van der Waals surface area contributed by atoms with E-state index in [9.17, 15) is 0 Å². The van der Waals surface area contributed by atoms with Gasteiger partial charge >= 0.3 is 0 Å². The first kappa shape index (κ1) is 13.6. The number of nitrogens with one attached hydrogen (secondary N) is 1. The van der Waals surface area contributed by atoms with Gasteiger partial charge < -0.3 is 10.2 Å². The average molecular weight is 262 g/mol. The Hall–Kier alpha value is -0.340. The summed E-state index contributed by atoms with van der Waals surface area (Å²) in [6.45, 7) is 7.59. The maximum atomic E-state index is 3.79. The van der Waals surface area contributed by atoms with Crippen LogP contribution in [0.5, 0.6) is 0 Å². The molecule has 0 aromatic heterocycles. The van der Waals surface area contributed by atoms with Crippen LogP contribution in [0.4, 0.5) is 0 Å². The molecule has 108 valence electrons. The minimum absolute atomic E-state index is 0.710. The summed E-state index contributed by atoms with van der Waals surface area (Å²) in [5.41, 5.74) is 0. The van der Waals surface area contributed by atoms with Gasteiger partial charge in [-0.05, 0) is 83.0 Å². The van der Waals surface area contributed by atoms with Crippen LogP contribution in [-0.2, 0) is 0 Å². The van der Waals surface area contributed by atoms with Crippen LogP contribution in [0.1, 0.15) is 45.4 Å². The third kappa shape index (κ3) is 3.41. The van der Waals surface area contributed by atoms with Gasteiger partial charge in [-0.15, -0.1) is 0 Å². The molecule has 1 aliphatic heterocycles. The molecular weight excluding hydrogens is 232 g/mol.